The Kier molecular flexibility index (Phi) is 3.85. The monoisotopic (exact) mass is 267 g/mol. The number of hydrogen-bond donors (Lipinski definition) is 1. The molecule has 0 radical (unpaired) electrons. The molecule has 0 bridgehead atoms. The van der Waals surface area contributed by atoms with E-state index in [0.29, 0.717) is 12.2 Å². The fraction of sp³-hybridized carbons (Fsp3) is 0.500. The highest BCUT2D eigenvalue weighted by molar-refractivity contribution is 5.80. The molecule has 0 aromatic carbocycles. The van der Waals surface area contributed by atoms with E-state index in [1.54, 1.807) is 12.4 Å². The number of nitrogens with zero attached hydrogens (tertiary/aromatic N) is 2. The van der Waals surface area contributed by atoms with Crippen molar-refractivity contribution < 1.29 is 8.78 Å². The van der Waals surface area contributed by atoms with Gasteiger partial charge >= 0.3 is 0 Å². The second-order valence-electron chi connectivity index (χ2n) is 5.68. The lowest BCUT2D eigenvalue weighted by Gasteiger charge is -2.20. The van der Waals surface area contributed by atoms with Crippen LogP contribution >= 0.6 is 0 Å². The van der Waals surface area contributed by atoms with Crippen molar-refractivity contribution >= 4 is 11.0 Å². The first-order chi connectivity index (χ1) is 8.87. The van der Waals surface area contributed by atoms with Crippen LogP contribution in [0.2, 0.25) is 0 Å². The predicted molar refractivity (Wildman–Crippen MR) is 72.3 cm³/mol. The Morgan fingerprint density at radius 2 is 2.11 bits per heavy atom. The zero-order chi connectivity index (χ0) is 14.0. The molecule has 2 rings (SSSR count). The van der Waals surface area contributed by atoms with Gasteiger partial charge < -0.3 is 9.88 Å². The van der Waals surface area contributed by atoms with Crippen LogP contribution in [0.25, 0.3) is 11.0 Å². The molecule has 0 aliphatic carbocycles. The first kappa shape index (κ1) is 13.9. The molecular formula is C14H19F2N3. The predicted octanol–water partition coefficient (Wildman–Crippen LogP) is 3.19. The zero-order valence-corrected chi connectivity index (χ0v) is 11.5. The number of nitrogens with one attached hydrogen (secondary N) is 1. The average molecular weight is 267 g/mol. The van der Waals surface area contributed by atoms with Gasteiger partial charge in [0.05, 0.1) is 6.54 Å². The minimum Gasteiger partial charge on any atom is -0.326 e. The van der Waals surface area contributed by atoms with E-state index in [-0.39, 0.29) is 12.1 Å². The lowest BCUT2D eigenvalue weighted by atomic mass is 10.1. The van der Waals surface area contributed by atoms with Gasteiger partial charge in [-0.1, -0.05) is 0 Å². The summed E-state index contributed by atoms with van der Waals surface area (Å²) in [4.78, 5) is 4.20. The maximum absolute atomic E-state index is 12.6. The molecule has 0 saturated heterocycles. The van der Waals surface area contributed by atoms with E-state index in [9.17, 15) is 8.78 Å². The number of pyridine rings is 1. The van der Waals surface area contributed by atoms with Crippen LogP contribution in [0.4, 0.5) is 8.78 Å². The largest absolute Gasteiger partial charge is 0.326 e. The Morgan fingerprint density at radius 3 is 2.74 bits per heavy atom. The fourth-order valence-corrected chi connectivity index (χ4v) is 1.98. The second-order valence-corrected chi connectivity index (χ2v) is 5.68. The van der Waals surface area contributed by atoms with E-state index in [0.717, 1.165) is 10.9 Å². The van der Waals surface area contributed by atoms with E-state index in [2.05, 4.69) is 31.1 Å². The first-order valence-electron chi connectivity index (χ1n) is 6.33. The topological polar surface area (TPSA) is 29.9 Å². The molecule has 0 spiro atoms. The van der Waals surface area contributed by atoms with Gasteiger partial charge in [0.1, 0.15) is 5.65 Å². The standard InChI is InChI=1S/C14H19F2N3/c1-14(2,3)18-7-10-8-19(9-12(15)16)13-11(10)5-4-6-17-13/h4-6,8,12,18H,7,9H2,1-3H3. The Balaban J connectivity index is 2.33. The number of aromatic nitrogens is 2. The fourth-order valence-electron chi connectivity index (χ4n) is 1.98. The third kappa shape index (κ3) is 3.50. The van der Waals surface area contributed by atoms with Crippen LogP contribution in [0.3, 0.4) is 0 Å². The lowest BCUT2D eigenvalue weighted by Crippen LogP contribution is -2.35. The summed E-state index contributed by atoms with van der Waals surface area (Å²) in [6.45, 7) is 6.54. The van der Waals surface area contributed by atoms with Crippen molar-refractivity contribution in [3.8, 4) is 0 Å². The van der Waals surface area contributed by atoms with E-state index in [4.69, 9.17) is 0 Å². The Hall–Kier alpha value is -1.49. The van der Waals surface area contributed by atoms with Crippen LogP contribution in [-0.2, 0) is 13.1 Å². The van der Waals surface area contributed by atoms with Gasteiger partial charge in [-0.15, -0.1) is 0 Å². The lowest BCUT2D eigenvalue weighted by molar-refractivity contribution is 0.128. The van der Waals surface area contributed by atoms with Gasteiger partial charge in [0.25, 0.3) is 6.43 Å². The molecule has 0 aliphatic rings. The summed E-state index contributed by atoms with van der Waals surface area (Å²) in [6, 6.07) is 3.75. The van der Waals surface area contributed by atoms with Crippen molar-refractivity contribution in [3.63, 3.8) is 0 Å². The Labute approximate surface area is 111 Å². The van der Waals surface area contributed by atoms with Crippen LogP contribution in [0.1, 0.15) is 26.3 Å². The Bertz CT molecular complexity index is 555. The van der Waals surface area contributed by atoms with Gasteiger partial charge in [-0.25, -0.2) is 13.8 Å². The van der Waals surface area contributed by atoms with Gasteiger partial charge in [-0.3, -0.25) is 0 Å². The third-order valence-corrected chi connectivity index (χ3v) is 2.86. The number of halogens is 2. The smallest absolute Gasteiger partial charge is 0.256 e. The molecule has 0 amide bonds. The van der Waals surface area contributed by atoms with Crippen molar-refractivity contribution in [1.29, 1.82) is 0 Å². The molecule has 2 heterocycles. The van der Waals surface area contributed by atoms with Crippen LogP contribution in [-0.4, -0.2) is 21.5 Å². The molecule has 104 valence electrons. The summed E-state index contributed by atoms with van der Waals surface area (Å²) in [5.74, 6) is 0. The van der Waals surface area contributed by atoms with E-state index in [1.807, 2.05) is 12.1 Å². The molecule has 5 heteroatoms. The molecule has 0 fully saturated rings. The maximum Gasteiger partial charge on any atom is 0.256 e. The summed E-state index contributed by atoms with van der Waals surface area (Å²) in [6.07, 6.45) is 1.02. The quantitative estimate of drug-likeness (QED) is 0.922. The molecule has 3 nitrogen and oxygen atoms in total. The first-order valence-corrected chi connectivity index (χ1v) is 6.33. The number of alkyl halides is 2. The van der Waals surface area contributed by atoms with E-state index >= 15 is 0 Å². The van der Waals surface area contributed by atoms with Crippen LogP contribution in [0, 0.1) is 0 Å². The van der Waals surface area contributed by atoms with Crippen LogP contribution < -0.4 is 5.32 Å². The van der Waals surface area contributed by atoms with Gasteiger partial charge in [0.2, 0.25) is 0 Å². The summed E-state index contributed by atoms with van der Waals surface area (Å²) >= 11 is 0. The molecule has 2 aromatic rings. The zero-order valence-electron chi connectivity index (χ0n) is 11.5. The number of hydrogen-bond acceptors (Lipinski definition) is 2. The SMILES string of the molecule is CC(C)(C)NCc1cn(CC(F)F)c2ncccc12. The van der Waals surface area contributed by atoms with E-state index < -0.39 is 6.43 Å². The number of rotatable bonds is 4. The second kappa shape index (κ2) is 5.25. The normalized spacial score (nSPS) is 12.5. The van der Waals surface area contributed by atoms with Crippen LogP contribution in [0.15, 0.2) is 24.5 Å². The third-order valence-electron chi connectivity index (χ3n) is 2.86. The minimum absolute atomic E-state index is 0.0145. The summed E-state index contributed by atoms with van der Waals surface area (Å²) in [5.41, 5.74) is 1.60. The van der Waals surface area contributed by atoms with Crippen molar-refractivity contribution in [2.75, 3.05) is 0 Å². The molecule has 0 aliphatic heterocycles. The molecule has 0 atom stereocenters. The van der Waals surface area contributed by atoms with Crippen LogP contribution in [0.5, 0.6) is 0 Å². The van der Waals surface area contributed by atoms with Gasteiger partial charge in [0, 0.05) is 29.9 Å². The van der Waals surface area contributed by atoms with Crippen molar-refractivity contribution in [2.24, 2.45) is 0 Å². The molecule has 19 heavy (non-hydrogen) atoms. The van der Waals surface area contributed by atoms with Gasteiger partial charge in [0.15, 0.2) is 0 Å². The molecule has 1 N–H and O–H groups in total. The molecule has 0 saturated carbocycles. The maximum atomic E-state index is 12.6. The highest BCUT2D eigenvalue weighted by Crippen LogP contribution is 2.20. The van der Waals surface area contributed by atoms with Crippen molar-refractivity contribution in [1.82, 2.24) is 14.9 Å². The molecule has 2 aromatic heterocycles. The Morgan fingerprint density at radius 1 is 1.37 bits per heavy atom. The van der Waals surface area contributed by atoms with Crippen molar-refractivity contribution in [2.45, 2.75) is 45.8 Å². The minimum atomic E-state index is -2.37. The van der Waals surface area contributed by atoms with Gasteiger partial charge in [-0.2, -0.15) is 0 Å². The van der Waals surface area contributed by atoms with Crippen molar-refractivity contribution in [3.05, 3.63) is 30.1 Å². The summed E-state index contributed by atoms with van der Waals surface area (Å²) in [7, 11) is 0. The molecule has 0 unspecified atom stereocenters. The average Bonchev–Trinajstić information content (AvgIpc) is 2.64. The van der Waals surface area contributed by atoms with Gasteiger partial charge in [-0.05, 0) is 38.5 Å². The summed E-state index contributed by atoms with van der Waals surface area (Å²) < 4.78 is 26.7. The highest BCUT2D eigenvalue weighted by atomic mass is 19.3. The highest BCUT2D eigenvalue weighted by Gasteiger charge is 2.15. The summed E-state index contributed by atoms with van der Waals surface area (Å²) in [5, 5.41) is 4.30. The van der Waals surface area contributed by atoms with E-state index in [1.165, 1.54) is 4.57 Å². The molecular weight excluding hydrogens is 248 g/mol. The number of fused-ring (bicyclic) bond motifs is 1.